The van der Waals surface area contributed by atoms with E-state index in [9.17, 15) is 4.79 Å². The fraction of sp³-hybridized carbons (Fsp3) is 0.179. The van der Waals surface area contributed by atoms with Gasteiger partial charge in [0.15, 0.2) is 16.6 Å². The van der Waals surface area contributed by atoms with Crippen molar-refractivity contribution in [1.29, 1.82) is 0 Å². The number of fused-ring (bicyclic) bond motifs is 1. The van der Waals surface area contributed by atoms with Crippen molar-refractivity contribution in [2.24, 2.45) is 0 Å². The molecule has 180 valence electrons. The molecule has 2 aromatic carbocycles. The first kappa shape index (κ1) is 22.3. The number of aromatic nitrogens is 3. The van der Waals surface area contributed by atoms with E-state index in [1.807, 2.05) is 76.3 Å². The maximum Gasteiger partial charge on any atom is 0.274 e. The number of piperazine rings is 1. The highest BCUT2D eigenvalue weighted by Gasteiger charge is 2.27. The normalized spacial score (nSPS) is 13.8. The van der Waals surface area contributed by atoms with Gasteiger partial charge in [-0.1, -0.05) is 65.9 Å². The molecule has 0 radical (unpaired) electrons. The van der Waals surface area contributed by atoms with Crippen molar-refractivity contribution >= 4 is 33.6 Å². The Morgan fingerprint density at radius 3 is 2.39 bits per heavy atom. The lowest BCUT2D eigenvalue weighted by Gasteiger charge is -2.35. The summed E-state index contributed by atoms with van der Waals surface area (Å²) < 4.78 is 1.99. The minimum absolute atomic E-state index is 0.0235. The fourth-order valence-electron chi connectivity index (χ4n) is 4.56. The molecule has 7 nitrogen and oxygen atoms in total. The Morgan fingerprint density at radius 1 is 0.889 bits per heavy atom. The van der Waals surface area contributed by atoms with Crippen LogP contribution in [0.3, 0.4) is 0 Å². The predicted octanol–water partition coefficient (Wildman–Crippen LogP) is 5.03. The lowest BCUT2D eigenvalue weighted by atomic mass is 10.2. The molecule has 1 aliphatic heterocycles. The third-order valence-corrected chi connectivity index (χ3v) is 7.40. The topological polar surface area (TPSA) is 65.8 Å². The van der Waals surface area contributed by atoms with Crippen LogP contribution in [0.1, 0.15) is 16.1 Å². The molecule has 1 amide bonds. The Bertz CT molecular complexity index is 1470. The molecule has 6 rings (SSSR count). The third-order valence-electron chi connectivity index (χ3n) is 6.45. The summed E-state index contributed by atoms with van der Waals surface area (Å²) in [5.41, 5.74) is 3.70. The van der Waals surface area contributed by atoms with Gasteiger partial charge in [-0.05, 0) is 29.8 Å². The van der Waals surface area contributed by atoms with E-state index in [2.05, 4.69) is 39.5 Å². The first-order valence-corrected chi connectivity index (χ1v) is 12.9. The lowest BCUT2D eigenvalue weighted by molar-refractivity contribution is 0.0743. The van der Waals surface area contributed by atoms with Crippen LogP contribution >= 0.6 is 11.3 Å². The van der Waals surface area contributed by atoms with Gasteiger partial charge in [-0.15, -0.1) is 0 Å². The molecule has 0 atom stereocenters. The summed E-state index contributed by atoms with van der Waals surface area (Å²) in [4.78, 5) is 28.1. The van der Waals surface area contributed by atoms with E-state index < -0.39 is 0 Å². The molecule has 4 heterocycles. The van der Waals surface area contributed by atoms with Crippen LogP contribution in [0, 0.1) is 0 Å². The van der Waals surface area contributed by atoms with Crippen molar-refractivity contribution in [3.05, 3.63) is 103 Å². The molecule has 1 aliphatic rings. The average molecular weight is 495 g/mol. The van der Waals surface area contributed by atoms with Crippen LogP contribution < -0.4 is 10.2 Å². The summed E-state index contributed by atoms with van der Waals surface area (Å²) >= 11 is 1.54. The Balaban J connectivity index is 1.21. The maximum absolute atomic E-state index is 13.6. The van der Waals surface area contributed by atoms with Crippen LogP contribution in [0.2, 0.25) is 0 Å². The number of hydrogen-bond donors (Lipinski definition) is 1. The smallest absolute Gasteiger partial charge is 0.274 e. The van der Waals surface area contributed by atoms with Crippen molar-refractivity contribution < 1.29 is 4.79 Å². The average Bonchev–Trinajstić information content (AvgIpc) is 3.58. The SMILES string of the molecule is O=C(c1nc(-c2cnc(NCc3ccccc3)s2)n2ccccc12)N1CCN(c2ccccc2)CC1. The molecule has 0 aliphatic carbocycles. The molecule has 0 spiro atoms. The number of thiazole rings is 1. The number of nitrogens with zero attached hydrogens (tertiary/aromatic N) is 5. The summed E-state index contributed by atoms with van der Waals surface area (Å²) in [5, 5.41) is 4.21. The van der Waals surface area contributed by atoms with E-state index in [1.165, 1.54) is 11.3 Å². The van der Waals surface area contributed by atoms with Gasteiger partial charge in [0.05, 0.1) is 16.6 Å². The molecule has 36 heavy (non-hydrogen) atoms. The van der Waals surface area contributed by atoms with Crippen molar-refractivity contribution in [3.8, 4) is 10.7 Å². The van der Waals surface area contributed by atoms with Gasteiger partial charge in [0, 0.05) is 44.6 Å². The quantitative estimate of drug-likeness (QED) is 0.359. The Morgan fingerprint density at radius 2 is 1.61 bits per heavy atom. The first-order chi connectivity index (χ1) is 17.8. The first-order valence-electron chi connectivity index (χ1n) is 12.1. The third kappa shape index (κ3) is 4.43. The highest BCUT2D eigenvalue weighted by molar-refractivity contribution is 7.18. The standard InChI is InChI=1S/C28H26N6OS/c35-27(33-17-15-32(16-18-33)22-11-5-2-6-12-22)25-23-13-7-8-14-34(23)26(31-25)24-20-30-28(36-24)29-19-21-9-3-1-4-10-21/h1-14,20H,15-19H2,(H,29,30). The maximum atomic E-state index is 13.6. The van der Waals surface area contributed by atoms with Gasteiger partial charge in [-0.3, -0.25) is 9.20 Å². The molecular formula is C28H26N6OS. The highest BCUT2D eigenvalue weighted by atomic mass is 32.1. The summed E-state index contributed by atoms with van der Waals surface area (Å²) in [6.45, 7) is 3.65. The molecule has 0 saturated carbocycles. The number of imidazole rings is 1. The van der Waals surface area contributed by atoms with Gasteiger partial charge in [-0.2, -0.15) is 0 Å². The minimum Gasteiger partial charge on any atom is -0.368 e. The van der Waals surface area contributed by atoms with E-state index in [4.69, 9.17) is 4.98 Å². The molecule has 1 fully saturated rings. The molecule has 3 aromatic heterocycles. The number of carbonyl (C=O) groups excluding carboxylic acids is 1. The van der Waals surface area contributed by atoms with Crippen molar-refractivity contribution in [2.45, 2.75) is 6.54 Å². The van der Waals surface area contributed by atoms with E-state index in [0.717, 1.165) is 34.4 Å². The van der Waals surface area contributed by atoms with Crippen LogP contribution in [0.5, 0.6) is 0 Å². The molecule has 1 N–H and O–H groups in total. The zero-order valence-corrected chi connectivity index (χ0v) is 20.6. The van der Waals surface area contributed by atoms with Gasteiger partial charge >= 0.3 is 0 Å². The summed E-state index contributed by atoms with van der Waals surface area (Å²) in [6.07, 6.45) is 3.78. The van der Waals surface area contributed by atoms with E-state index >= 15 is 0 Å². The molecular weight excluding hydrogens is 468 g/mol. The number of anilines is 2. The van der Waals surface area contributed by atoms with Gasteiger partial charge in [0.25, 0.3) is 5.91 Å². The summed E-state index contributed by atoms with van der Waals surface area (Å²) in [7, 11) is 0. The molecule has 1 saturated heterocycles. The van der Waals surface area contributed by atoms with Crippen molar-refractivity contribution in [2.75, 3.05) is 36.4 Å². The van der Waals surface area contributed by atoms with Crippen molar-refractivity contribution in [3.63, 3.8) is 0 Å². The van der Waals surface area contributed by atoms with Gasteiger partial charge in [0.2, 0.25) is 0 Å². The van der Waals surface area contributed by atoms with Gasteiger partial charge in [0.1, 0.15) is 0 Å². The van der Waals surface area contributed by atoms with Gasteiger partial charge < -0.3 is 15.1 Å². The Hall–Kier alpha value is -4.17. The van der Waals surface area contributed by atoms with Crippen molar-refractivity contribution in [1.82, 2.24) is 19.3 Å². The number of amides is 1. The van der Waals surface area contributed by atoms with Crippen LogP contribution in [0.15, 0.2) is 91.3 Å². The largest absolute Gasteiger partial charge is 0.368 e. The zero-order chi connectivity index (χ0) is 24.3. The number of rotatable bonds is 6. The number of benzene rings is 2. The molecule has 0 bridgehead atoms. The second-order valence-electron chi connectivity index (χ2n) is 8.72. The second kappa shape index (κ2) is 9.83. The second-order valence-corrected chi connectivity index (χ2v) is 9.75. The van der Waals surface area contributed by atoms with Crippen LogP contribution in [-0.4, -0.2) is 51.4 Å². The number of nitrogens with one attached hydrogen (secondary N) is 1. The Kier molecular flexibility index (Phi) is 6.09. The molecule has 8 heteroatoms. The minimum atomic E-state index is -0.0235. The predicted molar refractivity (Wildman–Crippen MR) is 145 cm³/mol. The monoisotopic (exact) mass is 494 g/mol. The van der Waals surface area contributed by atoms with E-state index in [0.29, 0.717) is 25.3 Å². The van der Waals surface area contributed by atoms with Crippen LogP contribution in [-0.2, 0) is 6.54 Å². The zero-order valence-electron chi connectivity index (χ0n) is 19.7. The lowest BCUT2D eigenvalue weighted by Crippen LogP contribution is -2.48. The number of carbonyl (C=O) groups is 1. The Labute approximate surface area is 213 Å². The van der Waals surface area contributed by atoms with E-state index in [1.54, 1.807) is 11.3 Å². The molecule has 5 aromatic rings. The fourth-order valence-corrected chi connectivity index (χ4v) is 5.36. The summed E-state index contributed by atoms with van der Waals surface area (Å²) in [6, 6.07) is 26.5. The number of pyridine rings is 1. The van der Waals surface area contributed by atoms with E-state index in [-0.39, 0.29) is 5.91 Å². The highest BCUT2D eigenvalue weighted by Crippen LogP contribution is 2.31. The van der Waals surface area contributed by atoms with Gasteiger partial charge in [-0.25, -0.2) is 9.97 Å². The summed E-state index contributed by atoms with van der Waals surface area (Å²) in [5.74, 6) is 0.715. The number of para-hydroxylation sites is 1. The van der Waals surface area contributed by atoms with Crippen LogP contribution in [0.25, 0.3) is 16.2 Å². The number of hydrogen-bond acceptors (Lipinski definition) is 6. The molecule has 0 unspecified atom stereocenters. The van der Waals surface area contributed by atoms with Crippen LogP contribution in [0.4, 0.5) is 10.8 Å².